The number of hydrogen-bond acceptors (Lipinski definition) is 4. The molecule has 0 bridgehead atoms. The van der Waals surface area contributed by atoms with Crippen molar-refractivity contribution in [3.63, 3.8) is 0 Å². The molecule has 1 saturated carbocycles. The highest BCUT2D eigenvalue weighted by Crippen LogP contribution is 2.22. The van der Waals surface area contributed by atoms with Crippen LogP contribution in [0.4, 0.5) is 0 Å². The van der Waals surface area contributed by atoms with Gasteiger partial charge in [0, 0.05) is 12.6 Å². The van der Waals surface area contributed by atoms with Crippen molar-refractivity contribution in [3.05, 3.63) is 11.9 Å². The van der Waals surface area contributed by atoms with E-state index in [1.165, 1.54) is 23.9 Å². The number of hydrogen-bond donors (Lipinski definition) is 1. The Bertz CT molecular complexity index is 413. The number of nitrogens with zero attached hydrogens (tertiary/aromatic N) is 4. The van der Waals surface area contributed by atoms with Gasteiger partial charge >= 0.3 is 0 Å². The van der Waals surface area contributed by atoms with Crippen LogP contribution in [-0.4, -0.2) is 43.5 Å². The maximum absolute atomic E-state index is 12.3. The van der Waals surface area contributed by atoms with Gasteiger partial charge in [0.05, 0.1) is 12.8 Å². The van der Waals surface area contributed by atoms with Gasteiger partial charge in [0.1, 0.15) is 12.2 Å². The zero-order valence-electron chi connectivity index (χ0n) is 11.5. The molecule has 0 atom stereocenters. The summed E-state index contributed by atoms with van der Waals surface area (Å²) in [6.45, 7) is 2.82. The molecule has 1 heterocycles. The van der Waals surface area contributed by atoms with Gasteiger partial charge in [0.2, 0.25) is 5.91 Å². The quantitative estimate of drug-likeness (QED) is 0.861. The highest BCUT2D eigenvalue weighted by Gasteiger charge is 2.24. The monoisotopic (exact) mass is 266 g/mol. The van der Waals surface area contributed by atoms with Gasteiger partial charge in [0.25, 0.3) is 0 Å². The summed E-state index contributed by atoms with van der Waals surface area (Å²) >= 11 is 0. The highest BCUT2D eigenvalue weighted by atomic mass is 16.3. The summed E-state index contributed by atoms with van der Waals surface area (Å²) in [6, 6.07) is 0.382. The van der Waals surface area contributed by atoms with Crippen molar-refractivity contribution >= 4 is 5.91 Å². The summed E-state index contributed by atoms with van der Waals surface area (Å²) in [5.74, 6) is 0.0868. The minimum absolute atomic E-state index is 0.0868. The van der Waals surface area contributed by atoms with Crippen LogP contribution in [-0.2, 0) is 17.9 Å². The number of carbonyl (C=O) groups excluding carboxylic acids is 1. The fraction of sp³-hybridized carbons (Fsp3) is 0.769. The lowest BCUT2D eigenvalue weighted by molar-refractivity contribution is -0.134. The summed E-state index contributed by atoms with van der Waals surface area (Å²) in [6.07, 6.45) is 7.55. The van der Waals surface area contributed by atoms with Crippen LogP contribution in [0.1, 0.15) is 44.7 Å². The lowest BCUT2D eigenvalue weighted by atomic mass is 9.94. The van der Waals surface area contributed by atoms with Crippen LogP contribution in [0.15, 0.2) is 6.20 Å². The van der Waals surface area contributed by atoms with E-state index in [1.54, 1.807) is 6.20 Å². The number of aromatic nitrogens is 3. The van der Waals surface area contributed by atoms with Crippen LogP contribution in [0.5, 0.6) is 0 Å². The number of amides is 1. The topological polar surface area (TPSA) is 71.2 Å². The number of carbonyl (C=O) groups is 1. The van der Waals surface area contributed by atoms with Crippen LogP contribution in [0, 0.1) is 0 Å². The Hall–Kier alpha value is -1.43. The number of aliphatic hydroxyl groups excluding tert-OH is 1. The molecule has 1 aliphatic carbocycles. The van der Waals surface area contributed by atoms with Crippen LogP contribution < -0.4 is 0 Å². The molecule has 0 unspecified atom stereocenters. The van der Waals surface area contributed by atoms with Crippen molar-refractivity contribution in [1.82, 2.24) is 19.9 Å². The fourth-order valence-electron chi connectivity index (χ4n) is 2.75. The first-order chi connectivity index (χ1) is 9.24. The third-order valence-corrected chi connectivity index (χ3v) is 3.72. The maximum atomic E-state index is 12.3. The van der Waals surface area contributed by atoms with Crippen LogP contribution in [0.25, 0.3) is 0 Å². The molecule has 0 aliphatic heterocycles. The first kappa shape index (κ1) is 14.0. The van der Waals surface area contributed by atoms with E-state index < -0.39 is 0 Å². The predicted octanol–water partition coefficient (Wildman–Crippen LogP) is 0.952. The van der Waals surface area contributed by atoms with Crippen LogP contribution in [0.2, 0.25) is 0 Å². The van der Waals surface area contributed by atoms with Crippen molar-refractivity contribution in [1.29, 1.82) is 0 Å². The van der Waals surface area contributed by atoms with E-state index in [-0.39, 0.29) is 19.1 Å². The molecular formula is C13H22N4O2. The average molecular weight is 266 g/mol. The fourth-order valence-corrected chi connectivity index (χ4v) is 2.75. The lowest BCUT2D eigenvalue weighted by Crippen LogP contribution is -2.43. The minimum Gasteiger partial charge on any atom is -0.390 e. The summed E-state index contributed by atoms with van der Waals surface area (Å²) in [5.41, 5.74) is 0.494. The molecule has 1 aromatic rings. The Labute approximate surface area is 113 Å². The number of rotatable bonds is 5. The van der Waals surface area contributed by atoms with Crippen molar-refractivity contribution in [2.24, 2.45) is 0 Å². The molecule has 6 heteroatoms. The second kappa shape index (κ2) is 6.65. The Balaban J connectivity index is 1.95. The summed E-state index contributed by atoms with van der Waals surface area (Å²) in [5, 5.41) is 16.6. The molecule has 1 aromatic heterocycles. The van der Waals surface area contributed by atoms with Crippen molar-refractivity contribution < 1.29 is 9.90 Å². The molecule has 0 radical (unpaired) electrons. The molecule has 1 aliphatic rings. The Kier molecular flexibility index (Phi) is 4.90. The van der Waals surface area contributed by atoms with Crippen LogP contribution >= 0.6 is 0 Å². The summed E-state index contributed by atoms with van der Waals surface area (Å²) in [7, 11) is 0. The smallest absolute Gasteiger partial charge is 0.244 e. The van der Waals surface area contributed by atoms with Gasteiger partial charge in [0.15, 0.2) is 0 Å². The second-order valence-corrected chi connectivity index (χ2v) is 5.04. The summed E-state index contributed by atoms with van der Waals surface area (Å²) < 4.78 is 1.50. The molecule has 1 amide bonds. The largest absolute Gasteiger partial charge is 0.390 e. The van der Waals surface area contributed by atoms with Crippen molar-refractivity contribution in [2.45, 2.75) is 58.2 Å². The third kappa shape index (κ3) is 3.53. The molecule has 0 spiro atoms. The van der Waals surface area contributed by atoms with E-state index in [9.17, 15) is 4.79 Å². The van der Waals surface area contributed by atoms with E-state index in [1.807, 2.05) is 11.8 Å². The van der Waals surface area contributed by atoms with Gasteiger partial charge in [-0.15, -0.1) is 5.10 Å². The first-order valence-electron chi connectivity index (χ1n) is 7.04. The van der Waals surface area contributed by atoms with Gasteiger partial charge in [-0.1, -0.05) is 24.5 Å². The Morgan fingerprint density at radius 1 is 1.47 bits per heavy atom. The van der Waals surface area contributed by atoms with Gasteiger partial charge < -0.3 is 10.0 Å². The summed E-state index contributed by atoms with van der Waals surface area (Å²) in [4.78, 5) is 14.3. The Morgan fingerprint density at radius 3 is 2.79 bits per heavy atom. The van der Waals surface area contributed by atoms with E-state index in [4.69, 9.17) is 5.11 Å². The predicted molar refractivity (Wildman–Crippen MR) is 70.2 cm³/mol. The highest BCUT2D eigenvalue weighted by molar-refractivity contribution is 5.76. The molecule has 106 valence electrons. The third-order valence-electron chi connectivity index (χ3n) is 3.72. The van der Waals surface area contributed by atoms with Crippen molar-refractivity contribution in [3.8, 4) is 0 Å². The standard InChI is InChI=1S/C13H22N4O2/c1-2-17(12-6-4-3-5-7-12)13(19)9-16-8-11(10-18)14-15-16/h8,12,18H,2-7,9-10H2,1H3. The maximum Gasteiger partial charge on any atom is 0.244 e. The molecular weight excluding hydrogens is 244 g/mol. The number of likely N-dealkylation sites (N-methyl/N-ethyl adjacent to an activating group) is 1. The average Bonchev–Trinajstić information content (AvgIpc) is 2.88. The number of aliphatic hydroxyl groups is 1. The van der Waals surface area contributed by atoms with Gasteiger partial charge in [-0.3, -0.25) is 4.79 Å². The van der Waals surface area contributed by atoms with Gasteiger partial charge in [-0.2, -0.15) is 0 Å². The zero-order chi connectivity index (χ0) is 13.7. The molecule has 2 rings (SSSR count). The SMILES string of the molecule is CCN(C(=O)Cn1cc(CO)nn1)C1CCCCC1. The first-order valence-corrected chi connectivity index (χ1v) is 7.04. The van der Waals surface area contributed by atoms with Gasteiger partial charge in [-0.25, -0.2) is 4.68 Å². The second-order valence-electron chi connectivity index (χ2n) is 5.04. The lowest BCUT2D eigenvalue weighted by Gasteiger charge is -2.33. The van der Waals surface area contributed by atoms with E-state index in [0.717, 1.165) is 19.4 Å². The Morgan fingerprint density at radius 2 is 2.21 bits per heavy atom. The van der Waals surface area contributed by atoms with E-state index in [0.29, 0.717) is 11.7 Å². The normalized spacial score (nSPS) is 16.5. The molecule has 0 saturated heterocycles. The zero-order valence-corrected chi connectivity index (χ0v) is 11.5. The molecule has 1 fully saturated rings. The van der Waals surface area contributed by atoms with E-state index >= 15 is 0 Å². The molecule has 19 heavy (non-hydrogen) atoms. The van der Waals surface area contributed by atoms with Gasteiger partial charge in [-0.05, 0) is 19.8 Å². The van der Waals surface area contributed by atoms with Crippen molar-refractivity contribution in [2.75, 3.05) is 6.54 Å². The van der Waals surface area contributed by atoms with Crippen LogP contribution in [0.3, 0.4) is 0 Å². The molecule has 6 nitrogen and oxygen atoms in total. The molecule has 1 N–H and O–H groups in total. The minimum atomic E-state index is -0.145. The van der Waals surface area contributed by atoms with E-state index in [2.05, 4.69) is 10.3 Å². The molecule has 0 aromatic carbocycles.